The van der Waals surface area contributed by atoms with Crippen LogP contribution in [0.25, 0.3) is 0 Å². The molecule has 0 spiro atoms. The molecule has 1 amide bonds. The van der Waals surface area contributed by atoms with Gasteiger partial charge >= 0.3 is 0 Å². The molecule has 7 nitrogen and oxygen atoms in total. The van der Waals surface area contributed by atoms with Crippen molar-refractivity contribution in [2.45, 2.75) is 11.3 Å². The van der Waals surface area contributed by atoms with Crippen LogP contribution in [0.5, 0.6) is 0 Å². The van der Waals surface area contributed by atoms with E-state index >= 15 is 0 Å². The molecule has 20 heavy (non-hydrogen) atoms. The summed E-state index contributed by atoms with van der Waals surface area (Å²) in [5, 5.41) is 2.79. The number of nitrogens with zero attached hydrogens (tertiary/aromatic N) is 1. The predicted octanol–water partition coefficient (Wildman–Crippen LogP) is -0.497. The van der Waals surface area contributed by atoms with Crippen molar-refractivity contribution in [3.05, 3.63) is 18.2 Å². The highest BCUT2D eigenvalue weighted by Crippen LogP contribution is 2.25. The Morgan fingerprint density at radius 3 is 2.80 bits per heavy atom. The van der Waals surface area contributed by atoms with Crippen LogP contribution in [0.1, 0.15) is 6.42 Å². The molecule has 1 fully saturated rings. The van der Waals surface area contributed by atoms with Crippen LogP contribution in [0, 0.1) is 0 Å². The van der Waals surface area contributed by atoms with Crippen LogP contribution >= 0.6 is 0 Å². The van der Waals surface area contributed by atoms with Crippen LogP contribution in [-0.4, -0.2) is 41.0 Å². The van der Waals surface area contributed by atoms with Crippen LogP contribution in [0.15, 0.2) is 23.1 Å². The molecule has 1 aliphatic heterocycles. The average molecular weight is 298 g/mol. The zero-order valence-corrected chi connectivity index (χ0v) is 12.0. The molecule has 1 aliphatic rings. The van der Waals surface area contributed by atoms with Gasteiger partial charge in [0.1, 0.15) is 4.90 Å². The van der Waals surface area contributed by atoms with Gasteiger partial charge in [0.15, 0.2) is 0 Å². The molecule has 0 bridgehead atoms. The maximum atomic E-state index is 11.7. The maximum absolute atomic E-state index is 11.7. The molecule has 2 rings (SSSR count). The number of nitrogen functional groups attached to an aromatic ring is 1. The third-order valence-corrected chi connectivity index (χ3v) is 4.67. The second-order valence-corrected chi connectivity index (χ2v) is 6.41. The highest BCUT2D eigenvalue weighted by atomic mass is 32.2. The Morgan fingerprint density at radius 1 is 1.40 bits per heavy atom. The molecule has 0 aliphatic carbocycles. The van der Waals surface area contributed by atoms with Gasteiger partial charge in [0.05, 0.1) is 12.2 Å². The Labute approximate surface area is 118 Å². The number of hydrogen-bond acceptors (Lipinski definition) is 5. The van der Waals surface area contributed by atoms with Gasteiger partial charge in [-0.3, -0.25) is 4.79 Å². The van der Waals surface area contributed by atoms with Crippen molar-refractivity contribution in [1.29, 1.82) is 0 Å². The first-order valence-electron chi connectivity index (χ1n) is 6.29. The minimum Gasteiger partial charge on any atom is -0.398 e. The van der Waals surface area contributed by atoms with Crippen molar-refractivity contribution in [3.8, 4) is 0 Å². The van der Waals surface area contributed by atoms with Gasteiger partial charge in [-0.25, -0.2) is 13.1 Å². The Bertz CT molecular complexity index is 615. The summed E-state index contributed by atoms with van der Waals surface area (Å²) in [6.45, 7) is 1.62. The smallest absolute Gasteiger partial charge is 0.242 e. The standard InChI is InChI=1S/C12H18N4O3S/c1-14-20(18,19)11-4-3-9(7-10(11)13)16-6-2-5-15-12(17)8-16/h3-4,7,14H,2,5-6,8,13H2,1H3,(H,15,17). The van der Waals surface area contributed by atoms with Crippen molar-refractivity contribution >= 4 is 27.3 Å². The van der Waals surface area contributed by atoms with Crippen molar-refractivity contribution in [1.82, 2.24) is 10.0 Å². The first-order chi connectivity index (χ1) is 9.44. The van der Waals surface area contributed by atoms with Gasteiger partial charge in [0, 0.05) is 18.8 Å². The highest BCUT2D eigenvalue weighted by Gasteiger charge is 2.19. The molecule has 8 heteroatoms. The number of nitrogens with one attached hydrogen (secondary N) is 2. The Hall–Kier alpha value is -1.80. The number of carbonyl (C=O) groups is 1. The molecule has 0 saturated carbocycles. The fourth-order valence-electron chi connectivity index (χ4n) is 2.11. The predicted molar refractivity (Wildman–Crippen MR) is 76.9 cm³/mol. The fourth-order valence-corrected chi connectivity index (χ4v) is 2.95. The lowest BCUT2D eigenvalue weighted by atomic mass is 10.2. The molecule has 0 radical (unpaired) electrons. The number of sulfonamides is 1. The third-order valence-electron chi connectivity index (χ3n) is 3.18. The van der Waals surface area contributed by atoms with Crippen molar-refractivity contribution < 1.29 is 13.2 Å². The Morgan fingerprint density at radius 2 is 2.15 bits per heavy atom. The van der Waals surface area contributed by atoms with Gasteiger partial charge in [-0.1, -0.05) is 0 Å². The molecular weight excluding hydrogens is 280 g/mol. The summed E-state index contributed by atoms with van der Waals surface area (Å²) in [6.07, 6.45) is 0.836. The summed E-state index contributed by atoms with van der Waals surface area (Å²) >= 11 is 0. The highest BCUT2D eigenvalue weighted by molar-refractivity contribution is 7.89. The topological polar surface area (TPSA) is 105 Å². The quantitative estimate of drug-likeness (QED) is 0.653. The fraction of sp³-hybridized carbons (Fsp3) is 0.417. The monoisotopic (exact) mass is 298 g/mol. The van der Waals surface area contributed by atoms with Crippen molar-refractivity contribution in [2.75, 3.05) is 37.3 Å². The number of rotatable bonds is 3. The van der Waals surface area contributed by atoms with Gasteiger partial charge in [0.25, 0.3) is 0 Å². The van der Waals surface area contributed by atoms with E-state index in [-0.39, 0.29) is 23.0 Å². The zero-order valence-electron chi connectivity index (χ0n) is 11.2. The summed E-state index contributed by atoms with van der Waals surface area (Å²) in [5.41, 5.74) is 6.73. The summed E-state index contributed by atoms with van der Waals surface area (Å²) < 4.78 is 25.7. The second-order valence-electron chi connectivity index (χ2n) is 4.55. The summed E-state index contributed by atoms with van der Waals surface area (Å²) in [7, 11) is -2.23. The van der Waals surface area contributed by atoms with Crippen LogP contribution in [0.4, 0.5) is 11.4 Å². The SMILES string of the molecule is CNS(=O)(=O)c1ccc(N2CCCNC(=O)C2)cc1N. The first kappa shape index (κ1) is 14.6. The first-order valence-corrected chi connectivity index (χ1v) is 7.77. The molecule has 4 N–H and O–H groups in total. The van der Waals surface area contributed by atoms with E-state index in [9.17, 15) is 13.2 Å². The summed E-state index contributed by atoms with van der Waals surface area (Å²) in [5.74, 6) is -0.0482. The minimum atomic E-state index is -3.57. The molecule has 0 aromatic heterocycles. The number of benzene rings is 1. The van der Waals surface area contributed by atoms with Gasteiger partial charge in [-0.2, -0.15) is 0 Å². The van der Waals surface area contributed by atoms with Crippen LogP contribution < -0.4 is 20.7 Å². The lowest BCUT2D eigenvalue weighted by molar-refractivity contribution is -0.119. The largest absolute Gasteiger partial charge is 0.398 e. The van der Waals surface area contributed by atoms with Gasteiger partial charge in [-0.15, -0.1) is 0 Å². The summed E-state index contributed by atoms with van der Waals surface area (Å²) in [6, 6.07) is 4.71. The second kappa shape index (κ2) is 5.68. The van der Waals surface area contributed by atoms with E-state index < -0.39 is 10.0 Å². The maximum Gasteiger partial charge on any atom is 0.242 e. The molecule has 1 saturated heterocycles. The van der Waals surface area contributed by atoms with E-state index in [0.717, 1.165) is 18.7 Å². The van der Waals surface area contributed by atoms with Crippen LogP contribution in [-0.2, 0) is 14.8 Å². The number of carbonyl (C=O) groups excluding carboxylic acids is 1. The minimum absolute atomic E-state index is 0.0445. The van der Waals surface area contributed by atoms with E-state index in [1.807, 2.05) is 4.90 Å². The summed E-state index contributed by atoms with van der Waals surface area (Å²) in [4.78, 5) is 13.5. The van der Waals surface area contributed by atoms with Gasteiger partial charge in [0.2, 0.25) is 15.9 Å². The van der Waals surface area contributed by atoms with E-state index in [1.54, 1.807) is 12.1 Å². The van der Waals surface area contributed by atoms with E-state index in [1.165, 1.54) is 13.1 Å². The van der Waals surface area contributed by atoms with Crippen LogP contribution in [0.3, 0.4) is 0 Å². The van der Waals surface area contributed by atoms with E-state index in [2.05, 4.69) is 10.0 Å². The van der Waals surface area contributed by atoms with E-state index in [4.69, 9.17) is 5.73 Å². The Kier molecular flexibility index (Phi) is 4.15. The van der Waals surface area contributed by atoms with Crippen LogP contribution in [0.2, 0.25) is 0 Å². The number of anilines is 2. The van der Waals surface area contributed by atoms with Crippen molar-refractivity contribution in [2.24, 2.45) is 0 Å². The van der Waals surface area contributed by atoms with E-state index in [0.29, 0.717) is 6.54 Å². The van der Waals surface area contributed by atoms with Gasteiger partial charge in [-0.05, 0) is 31.7 Å². The molecular formula is C12H18N4O3S. The van der Waals surface area contributed by atoms with Gasteiger partial charge < -0.3 is 16.0 Å². The number of nitrogens with two attached hydrogens (primary N) is 1. The molecule has 1 aromatic rings. The molecule has 0 atom stereocenters. The number of amides is 1. The molecule has 110 valence electrons. The normalized spacial score (nSPS) is 16.6. The molecule has 1 aromatic carbocycles. The molecule has 0 unspecified atom stereocenters. The number of hydrogen-bond donors (Lipinski definition) is 3. The zero-order chi connectivity index (χ0) is 14.8. The lowest BCUT2D eigenvalue weighted by Gasteiger charge is -2.22. The average Bonchev–Trinajstić information content (AvgIpc) is 2.63. The third kappa shape index (κ3) is 3.02. The lowest BCUT2D eigenvalue weighted by Crippen LogP contribution is -2.33. The van der Waals surface area contributed by atoms with Crippen molar-refractivity contribution in [3.63, 3.8) is 0 Å². The Balaban J connectivity index is 2.31. The molecule has 1 heterocycles.